The first-order valence-electron chi connectivity index (χ1n) is 9.27. The fourth-order valence-electron chi connectivity index (χ4n) is 4.14. The molecular formula is C20H22Cl2N4O3. The molecule has 2 unspecified atom stereocenters. The second-order valence-electron chi connectivity index (χ2n) is 7.99. The SMILES string of the molecule is COC(=O)C1=C2OC(C)(C)CC2=C2C(N=C(Nc3c(Cl)cncc3Cl)N2C)C1C. The smallest absolute Gasteiger partial charge is 0.337 e. The van der Waals surface area contributed by atoms with Crippen LogP contribution in [0.15, 0.2) is 40.0 Å². The van der Waals surface area contributed by atoms with Gasteiger partial charge >= 0.3 is 5.97 Å². The van der Waals surface area contributed by atoms with E-state index in [-0.39, 0.29) is 17.9 Å². The van der Waals surface area contributed by atoms with Gasteiger partial charge in [0, 0.05) is 37.4 Å². The average molecular weight is 437 g/mol. The molecule has 2 aliphatic heterocycles. The van der Waals surface area contributed by atoms with Gasteiger partial charge in [-0.15, -0.1) is 0 Å². The number of aromatic nitrogens is 1. The molecule has 1 aromatic heterocycles. The van der Waals surface area contributed by atoms with E-state index in [1.165, 1.54) is 19.5 Å². The number of carbonyl (C=O) groups is 1. The molecule has 29 heavy (non-hydrogen) atoms. The molecule has 1 saturated heterocycles. The number of nitrogens with one attached hydrogen (secondary N) is 1. The summed E-state index contributed by atoms with van der Waals surface area (Å²) in [6, 6.07) is -0.243. The fourth-order valence-corrected chi connectivity index (χ4v) is 4.60. The molecule has 0 aromatic carbocycles. The molecule has 154 valence electrons. The fraction of sp³-hybridized carbons (Fsp3) is 0.450. The molecular weight excluding hydrogens is 415 g/mol. The van der Waals surface area contributed by atoms with Crippen molar-refractivity contribution >= 4 is 40.8 Å². The van der Waals surface area contributed by atoms with Gasteiger partial charge in [-0.25, -0.2) is 9.79 Å². The van der Waals surface area contributed by atoms with Crippen molar-refractivity contribution in [2.75, 3.05) is 19.5 Å². The highest BCUT2D eigenvalue weighted by atomic mass is 35.5. The molecule has 1 aliphatic carbocycles. The Morgan fingerprint density at radius 3 is 2.62 bits per heavy atom. The second-order valence-corrected chi connectivity index (χ2v) is 8.80. The van der Waals surface area contributed by atoms with E-state index in [9.17, 15) is 4.79 Å². The Morgan fingerprint density at radius 2 is 2.00 bits per heavy atom. The summed E-state index contributed by atoms with van der Waals surface area (Å²) in [5, 5.41) is 4.02. The number of hydrogen-bond donors (Lipinski definition) is 1. The summed E-state index contributed by atoms with van der Waals surface area (Å²) in [4.78, 5) is 23.4. The molecule has 3 aliphatic rings. The van der Waals surface area contributed by atoms with E-state index in [2.05, 4.69) is 10.3 Å². The van der Waals surface area contributed by atoms with Crippen molar-refractivity contribution in [2.24, 2.45) is 10.9 Å². The number of nitrogens with zero attached hydrogens (tertiary/aromatic N) is 3. The zero-order chi connectivity index (χ0) is 21.1. The lowest BCUT2D eigenvalue weighted by atomic mass is 9.81. The number of guanidine groups is 1. The van der Waals surface area contributed by atoms with Gasteiger partial charge < -0.3 is 19.7 Å². The number of ether oxygens (including phenoxy) is 2. The van der Waals surface area contributed by atoms with Gasteiger partial charge in [0.05, 0.1) is 34.1 Å². The Kier molecular flexibility index (Phi) is 4.78. The summed E-state index contributed by atoms with van der Waals surface area (Å²) in [7, 11) is 3.31. The third kappa shape index (κ3) is 3.16. The van der Waals surface area contributed by atoms with Crippen LogP contribution in [0.2, 0.25) is 10.0 Å². The number of carbonyl (C=O) groups excluding carboxylic acids is 1. The molecule has 1 N–H and O–H groups in total. The van der Waals surface area contributed by atoms with Crippen molar-refractivity contribution in [1.82, 2.24) is 9.88 Å². The van der Waals surface area contributed by atoms with Crippen molar-refractivity contribution in [3.8, 4) is 0 Å². The van der Waals surface area contributed by atoms with Crippen LogP contribution in [-0.4, -0.2) is 47.6 Å². The van der Waals surface area contributed by atoms with Gasteiger partial charge in [-0.1, -0.05) is 30.1 Å². The molecule has 0 bridgehead atoms. The minimum atomic E-state index is -0.416. The number of esters is 1. The quantitative estimate of drug-likeness (QED) is 0.705. The molecule has 0 radical (unpaired) electrons. The third-order valence-corrected chi connectivity index (χ3v) is 6.03. The summed E-state index contributed by atoms with van der Waals surface area (Å²) in [6.07, 6.45) is 3.71. The number of hydrogen-bond acceptors (Lipinski definition) is 7. The van der Waals surface area contributed by atoms with E-state index in [0.717, 1.165) is 11.3 Å². The highest BCUT2D eigenvalue weighted by molar-refractivity contribution is 6.39. The number of aliphatic imine (C=N–C) groups is 1. The Labute approximate surface area is 179 Å². The molecule has 2 atom stereocenters. The number of methoxy groups -OCH3 is 1. The zero-order valence-corrected chi connectivity index (χ0v) is 18.4. The van der Waals surface area contributed by atoms with Crippen LogP contribution in [0.4, 0.5) is 5.69 Å². The summed E-state index contributed by atoms with van der Waals surface area (Å²) in [6.45, 7) is 5.97. The molecule has 4 rings (SSSR count). The van der Waals surface area contributed by atoms with E-state index in [0.29, 0.717) is 39.4 Å². The first kappa shape index (κ1) is 20.0. The predicted molar refractivity (Wildman–Crippen MR) is 112 cm³/mol. The standard InChI is InChI=1S/C20H22Cl2N4O3/c1-9-13(18(27)28-5)17-10(6-20(2,3)29-17)16-14(9)24-19(26(16)4)25-15-11(21)7-23-8-12(15)22/h7-9,14H,6H2,1-5H3,(H,23,24,25). The van der Waals surface area contributed by atoms with Crippen LogP contribution in [0, 0.1) is 5.92 Å². The van der Waals surface area contributed by atoms with Gasteiger partial charge in [0.15, 0.2) is 0 Å². The molecule has 1 fully saturated rings. The Morgan fingerprint density at radius 1 is 1.34 bits per heavy atom. The van der Waals surface area contributed by atoms with Crippen LogP contribution in [0.25, 0.3) is 0 Å². The van der Waals surface area contributed by atoms with Gasteiger partial charge in [-0.3, -0.25) is 4.98 Å². The minimum absolute atomic E-state index is 0.213. The molecule has 9 heteroatoms. The highest BCUT2D eigenvalue weighted by Crippen LogP contribution is 2.49. The largest absolute Gasteiger partial charge is 0.487 e. The number of fused-ring (bicyclic) bond motifs is 2. The number of rotatable bonds is 2. The number of halogens is 2. The topological polar surface area (TPSA) is 76.0 Å². The average Bonchev–Trinajstić information content (AvgIpc) is 3.14. The lowest BCUT2D eigenvalue weighted by Gasteiger charge is -2.30. The van der Waals surface area contributed by atoms with Crippen molar-refractivity contribution in [1.29, 1.82) is 0 Å². The van der Waals surface area contributed by atoms with E-state index >= 15 is 0 Å². The van der Waals surface area contributed by atoms with Crippen LogP contribution in [-0.2, 0) is 14.3 Å². The lowest BCUT2D eigenvalue weighted by Crippen LogP contribution is -2.34. The molecule has 0 amide bonds. The van der Waals surface area contributed by atoms with Crippen LogP contribution < -0.4 is 5.32 Å². The van der Waals surface area contributed by atoms with Gasteiger partial charge in [0.2, 0.25) is 5.96 Å². The van der Waals surface area contributed by atoms with Gasteiger partial charge in [0.25, 0.3) is 0 Å². The monoisotopic (exact) mass is 436 g/mol. The summed E-state index contributed by atoms with van der Waals surface area (Å²) in [5.41, 5.74) is 2.64. The van der Waals surface area contributed by atoms with E-state index in [1.54, 1.807) is 0 Å². The van der Waals surface area contributed by atoms with Gasteiger partial charge in [-0.2, -0.15) is 0 Å². The number of pyridine rings is 1. The summed E-state index contributed by atoms with van der Waals surface area (Å²) in [5.74, 6) is 0.606. The Hall–Kier alpha value is -2.25. The van der Waals surface area contributed by atoms with E-state index in [4.69, 9.17) is 37.7 Å². The van der Waals surface area contributed by atoms with Crippen LogP contribution in [0.5, 0.6) is 0 Å². The maximum absolute atomic E-state index is 12.6. The maximum atomic E-state index is 12.6. The van der Waals surface area contributed by atoms with Crippen LogP contribution >= 0.6 is 23.2 Å². The molecule has 1 aromatic rings. The number of allylic oxidation sites excluding steroid dienone is 1. The Bertz CT molecular complexity index is 979. The van der Waals surface area contributed by atoms with Crippen molar-refractivity contribution in [2.45, 2.75) is 38.8 Å². The van der Waals surface area contributed by atoms with E-state index in [1.807, 2.05) is 32.7 Å². The van der Waals surface area contributed by atoms with Crippen LogP contribution in [0.1, 0.15) is 27.2 Å². The van der Waals surface area contributed by atoms with Crippen molar-refractivity contribution in [3.63, 3.8) is 0 Å². The molecule has 7 nitrogen and oxygen atoms in total. The first-order chi connectivity index (χ1) is 13.6. The minimum Gasteiger partial charge on any atom is -0.487 e. The zero-order valence-electron chi connectivity index (χ0n) is 16.8. The second kappa shape index (κ2) is 6.92. The van der Waals surface area contributed by atoms with Crippen molar-refractivity contribution < 1.29 is 14.3 Å². The van der Waals surface area contributed by atoms with Gasteiger partial charge in [-0.05, 0) is 13.8 Å². The van der Waals surface area contributed by atoms with Crippen molar-refractivity contribution in [3.05, 3.63) is 45.0 Å². The predicted octanol–water partition coefficient (Wildman–Crippen LogP) is 4.00. The highest BCUT2D eigenvalue weighted by Gasteiger charge is 2.49. The first-order valence-corrected chi connectivity index (χ1v) is 10.0. The molecule has 0 saturated carbocycles. The molecule has 0 spiro atoms. The van der Waals surface area contributed by atoms with Gasteiger partial charge in [0.1, 0.15) is 17.4 Å². The normalized spacial score (nSPS) is 24.8. The maximum Gasteiger partial charge on any atom is 0.337 e. The number of anilines is 1. The van der Waals surface area contributed by atoms with Crippen LogP contribution in [0.3, 0.4) is 0 Å². The summed E-state index contributed by atoms with van der Waals surface area (Å²) >= 11 is 12.5. The third-order valence-electron chi connectivity index (χ3n) is 5.45. The summed E-state index contributed by atoms with van der Waals surface area (Å²) < 4.78 is 11.2. The lowest BCUT2D eigenvalue weighted by molar-refractivity contribution is -0.137. The Balaban J connectivity index is 1.79. The molecule has 3 heterocycles. The number of likely N-dealkylation sites (N-methyl/N-ethyl adjacent to an activating group) is 1. The van der Waals surface area contributed by atoms with E-state index < -0.39 is 5.60 Å².